The topological polar surface area (TPSA) is 51.0 Å². The Labute approximate surface area is 198 Å². The number of para-hydroxylation sites is 1. The van der Waals surface area contributed by atoms with Gasteiger partial charge in [0.1, 0.15) is 5.82 Å². The molecule has 1 atom stereocenters. The predicted molar refractivity (Wildman–Crippen MR) is 132 cm³/mol. The van der Waals surface area contributed by atoms with E-state index in [2.05, 4.69) is 50.5 Å². The van der Waals surface area contributed by atoms with E-state index in [1.54, 1.807) is 23.1 Å². The molecule has 3 aromatic rings. The van der Waals surface area contributed by atoms with Gasteiger partial charge in [0.15, 0.2) is 5.16 Å². The van der Waals surface area contributed by atoms with Crippen LogP contribution in [0.5, 0.6) is 0 Å². The minimum Gasteiger partial charge on any atom is -0.311 e. The van der Waals surface area contributed by atoms with Crippen LogP contribution in [0.25, 0.3) is 0 Å². The Bertz CT molecular complexity index is 1060. The lowest BCUT2D eigenvalue weighted by Gasteiger charge is -2.31. The maximum Gasteiger partial charge on any atom is 0.240 e. The Morgan fingerprint density at radius 2 is 1.97 bits per heavy atom. The van der Waals surface area contributed by atoms with Crippen molar-refractivity contribution in [2.45, 2.75) is 74.7 Å². The zero-order valence-corrected chi connectivity index (χ0v) is 20.2. The van der Waals surface area contributed by atoms with Crippen LogP contribution in [0.1, 0.15) is 67.8 Å². The smallest absolute Gasteiger partial charge is 0.240 e. The summed E-state index contributed by atoms with van der Waals surface area (Å²) in [6, 6.07) is 13.0. The molecule has 2 aliphatic rings. The summed E-state index contributed by atoms with van der Waals surface area (Å²) >= 11 is 3.34. The summed E-state index contributed by atoms with van der Waals surface area (Å²) in [6.07, 6.45) is 9.03. The van der Waals surface area contributed by atoms with Crippen molar-refractivity contribution >= 4 is 34.7 Å². The van der Waals surface area contributed by atoms with Crippen molar-refractivity contribution in [1.29, 1.82) is 0 Å². The first kappa shape index (κ1) is 21.7. The van der Waals surface area contributed by atoms with E-state index >= 15 is 0 Å². The van der Waals surface area contributed by atoms with E-state index < -0.39 is 0 Å². The lowest BCUT2D eigenvalue weighted by atomic mass is 9.95. The molecule has 1 unspecified atom stereocenters. The second-order valence-electron chi connectivity index (χ2n) is 8.80. The molecule has 5 nitrogen and oxygen atoms in total. The first-order chi connectivity index (χ1) is 15.7. The molecule has 1 saturated carbocycles. The normalized spacial score (nSPS) is 17.8. The SMILES string of the molecule is CC(Sc1nnc(Cc2cccs2)n1C1CCCCC1)C(=O)N1CCCc2ccccc21. The van der Waals surface area contributed by atoms with Crippen LogP contribution in [0, 0.1) is 0 Å². The van der Waals surface area contributed by atoms with Crippen LogP contribution in [0.2, 0.25) is 0 Å². The van der Waals surface area contributed by atoms with Gasteiger partial charge >= 0.3 is 0 Å². The number of nitrogens with zero attached hydrogens (tertiary/aromatic N) is 4. The second kappa shape index (κ2) is 9.79. The summed E-state index contributed by atoms with van der Waals surface area (Å²) in [7, 11) is 0. The quantitative estimate of drug-likeness (QED) is 0.425. The third-order valence-corrected chi connectivity index (χ3v) is 8.51. The number of anilines is 1. The maximum absolute atomic E-state index is 13.5. The highest BCUT2D eigenvalue weighted by Gasteiger charge is 2.30. The maximum atomic E-state index is 13.5. The number of benzene rings is 1. The number of hydrogen-bond acceptors (Lipinski definition) is 5. The number of thiophene rings is 1. The van der Waals surface area contributed by atoms with Gasteiger partial charge in [-0.25, -0.2) is 0 Å². The molecule has 3 heterocycles. The van der Waals surface area contributed by atoms with Gasteiger partial charge in [-0.15, -0.1) is 21.5 Å². The van der Waals surface area contributed by atoms with Crippen LogP contribution in [0.4, 0.5) is 5.69 Å². The number of thioether (sulfide) groups is 1. The third-order valence-electron chi connectivity index (χ3n) is 6.59. The monoisotopic (exact) mass is 466 g/mol. The van der Waals surface area contributed by atoms with Gasteiger partial charge in [-0.2, -0.15) is 0 Å². The van der Waals surface area contributed by atoms with Crippen LogP contribution < -0.4 is 4.90 Å². The van der Waals surface area contributed by atoms with E-state index in [1.807, 2.05) is 17.9 Å². The molecule has 1 aliphatic carbocycles. The van der Waals surface area contributed by atoms with E-state index in [0.717, 1.165) is 42.5 Å². The molecule has 1 fully saturated rings. The Morgan fingerprint density at radius 1 is 1.12 bits per heavy atom. The van der Waals surface area contributed by atoms with E-state index in [0.29, 0.717) is 6.04 Å². The van der Waals surface area contributed by atoms with Crippen molar-refractivity contribution in [2.24, 2.45) is 0 Å². The highest BCUT2D eigenvalue weighted by atomic mass is 32.2. The molecule has 0 N–H and O–H groups in total. The molecule has 0 saturated heterocycles. The van der Waals surface area contributed by atoms with Crippen LogP contribution in [-0.4, -0.2) is 32.5 Å². The molecule has 0 bridgehead atoms. The van der Waals surface area contributed by atoms with Gasteiger partial charge in [0, 0.05) is 29.6 Å². The Hall–Kier alpha value is -2.12. The average Bonchev–Trinajstić information content (AvgIpc) is 3.49. The largest absolute Gasteiger partial charge is 0.311 e. The molecule has 32 heavy (non-hydrogen) atoms. The van der Waals surface area contributed by atoms with Crippen LogP contribution >= 0.6 is 23.1 Å². The number of carbonyl (C=O) groups excluding carboxylic acids is 1. The molecule has 7 heteroatoms. The highest BCUT2D eigenvalue weighted by molar-refractivity contribution is 8.00. The Kier molecular flexibility index (Phi) is 6.64. The number of aryl methyl sites for hydroxylation is 1. The number of hydrogen-bond donors (Lipinski definition) is 0. The molecule has 2 aromatic heterocycles. The Morgan fingerprint density at radius 3 is 2.78 bits per heavy atom. The zero-order valence-electron chi connectivity index (χ0n) is 18.6. The summed E-state index contributed by atoms with van der Waals surface area (Å²) in [5, 5.41) is 12.0. The molecule has 0 spiro atoms. The number of aromatic nitrogens is 3. The van der Waals surface area contributed by atoms with E-state index in [9.17, 15) is 4.79 Å². The number of amides is 1. The van der Waals surface area contributed by atoms with Crippen molar-refractivity contribution in [3.8, 4) is 0 Å². The van der Waals surface area contributed by atoms with E-state index in [1.165, 1.54) is 42.5 Å². The minimum absolute atomic E-state index is 0.167. The molecule has 168 valence electrons. The summed E-state index contributed by atoms with van der Waals surface area (Å²) in [4.78, 5) is 16.7. The molecule has 1 aromatic carbocycles. The van der Waals surface area contributed by atoms with Gasteiger partial charge in [-0.3, -0.25) is 4.79 Å². The lowest BCUT2D eigenvalue weighted by Crippen LogP contribution is -2.40. The molecular formula is C25H30N4OS2. The first-order valence-corrected chi connectivity index (χ1v) is 13.5. The van der Waals surface area contributed by atoms with Crippen molar-refractivity contribution in [3.63, 3.8) is 0 Å². The molecular weight excluding hydrogens is 436 g/mol. The van der Waals surface area contributed by atoms with E-state index in [-0.39, 0.29) is 11.2 Å². The summed E-state index contributed by atoms with van der Waals surface area (Å²) in [6.45, 7) is 2.81. The average molecular weight is 467 g/mol. The zero-order chi connectivity index (χ0) is 21.9. The molecule has 1 aliphatic heterocycles. The van der Waals surface area contributed by atoms with Gasteiger partial charge in [-0.1, -0.05) is 55.3 Å². The van der Waals surface area contributed by atoms with Crippen molar-refractivity contribution < 1.29 is 4.79 Å². The number of rotatable bonds is 6. The summed E-state index contributed by atoms with van der Waals surface area (Å²) < 4.78 is 2.36. The van der Waals surface area contributed by atoms with Crippen molar-refractivity contribution in [1.82, 2.24) is 14.8 Å². The summed E-state index contributed by atoms with van der Waals surface area (Å²) in [5.41, 5.74) is 2.34. The predicted octanol–water partition coefficient (Wildman–Crippen LogP) is 5.90. The van der Waals surface area contributed by atoms with Gasteiger partial charge < -0.3 is 9.47 Å². The van der Waals surface area contributed by atoms with Gasteiger partial charge in [-0.05, 0) is 55.7 Å². The molecule has 1 amide bonds. The molecule has 5 rings (SSSR count). The van der Waals surface area contributed by atoms with Gasteiger partial charge in [0.05, 0.1) is 5.25 Å². The fourth-order valence-electron chi connectivity index (χ4n) is 4.97. The first-order valence-electron chi connectivity index (χ1n) is 11.7. The van der Waals surface area contributed by atoms with E-state index in [4.69, 9.17) is 0 Å². The van der Waals surface area contributed by atoms with Crippen LogP contribution in [0.15, 0.2) is 46.9 Å². The summed E-state index contributed by atoms with van der Waals surface area (Å²) in [5.74, 6) is 1.20. The number of carbonyl (C=O) groups is 1. The van der Waals surface area contributed by atoms with Crippen molar-refractivity contribution in [3.05, 3.63) is 58.0 Å². The van der Waals surface area contributed by atoms with Gasteiger partial charge in [0.25, 0.3) is 0 Å². The Balaban J connectivity index is 1.38. The van der Waals surface area contributed by atoms with Gasteiger partial charge in [0.2, 0.25) is 5.91 Å². The fourth-order valence-corrected chi connectivity index (χ4v) is 6.68. The highest BCUT2D eigenvalue weighted by Crippen LogP contribution is 2.36. The minimum atomic E-state index is -0.206. The number of fused-ring (bicyclic) bond motifs is 1. The van der Waals surface area contributed by atoms with Crippen LogP contribution in [-0.2, 0) is 17.6 Å². The fraction of sp³-hybridized carbons (Fsp3) is 0.480. The second-order valence-corrected chi connectivity index (χ2v) is 11.1. The molecule has 0 radical (unpaired) electrons. The van der Waals surface area contributed by atoms with Crippen LogP contribution in [0.3, 0.4) is 0 Å². The standard InChI is InChI=1S/C25H30N4OS2/c1-18(24(30)28-15-7-10-19-9-5-6-14-22(19)28)32-25-27-26-23(17-21-13-8-16-31-21)29(25)20-11-3-2-4-12-20/h5-6,8-9,13-14,16,18,20H,2-4,7,10-12,15,17H2,1H3. The van der Waals surface area contributed by atoms with Crippen molar-refractivity contribution in [2.75, 3.05) is 11.4 Å². The third kappa shape index (κ3) is 4.50. The lowest BCUT2D eigenvalue weighted by molar-refractivity contribution is -0.117.